The first-order valence-electron chi connectivity index (χ1n) is 5.03. The van der Waals surface area contributed by atoms with E-state index in [2.05, 4.69) is 27.2 Å². The van der Waals surface area contributed by atoms with Crippen LogP contribution >= 0.6 is 0 Å². The highest BCUT2D eigenvalue weighted by atomic mass is 15.1. The Bertz CT molecular complexity index is 317. The summed E-state index contributed by atoms with van der Waals surface area (Å²) in [6, 6.07) is 0. The van der Waals surface area contributed by atoms with E-state index in [0.717, 1.165) is 24.4 Å². The third-order valence-corrected chi connectivity index (χ3v) is 1.80. The molecule has 0 saturated heterocycles. The Balaban J connectivity index is 2.45. The molecule has 0 aliphatic carbocycles. The molecule has 1 aromatic rings. The van der Waals surface area contributed by atoms with Crippen molar-refractivity contribution in [3.05, 3.63) is 23.8 Å². The molecule has 0 fully saturated rings. The Morgan fingerprint density at radius 2 is 2.27 bits per heavy atom. The third kappa shape index (κ3) is 4.39. The monoisotopic (exact) mass is 207 g/mol. The maximum absolute atomic E-state index is 5.63. The van der Waals surface area contributed by atoms with E-state index in [-0.39, 0.29) is 0 Å². The van der Waals surface area contributed by atoms with Crippen molar-refractivity contribution in [3.63, 3.8) is 0 Å². The van der Waals surface area contributed by atoms with Gasteiger partial charge in [-0.3, -0.25) is 9.97 Å². The van der Waals surface area contributed by atoms with Gasteiger partial charge in [0.2, 0.25) is 0 Å². The van der Waals surface area contributed by atoms with Crippen LogP contribution in [-0.4, -0.2) is 22.5 Å². The van der Waals surface area contributed by atoms with E-state index in [1.807, 2.05) is 6.92 Å². The maximum Gasteiger partial charge on any atom is 0.188 e. The molecule has 15 heavy (non-hydrogen) atoms. The molecule has 0 unspecified atom stereocenters. The van der Waals surface area contributed by atoms with Crippen LogP contribution in [0.15, 0.2) is 17.4 Å². The van der Waals surface area contributed by atoms with Crippen LogP contribution in [0.4, 0.5) is 0 Å². The van der Waals surface area contributed by atoms with Gasteiger partial charge in [0, 0.05) is 12.7 Å². The van der Waals surface area contributed by atoms with Gasteiger partial charge in [0.1, 0.15) is 0 Å². The van der Waals surface area contributed by atoms with E-state index >= 15 is 0 Å². The van der Waals surface area contributed by atoms with E-state index in [1.54, 1.807) is 12.4 Å². The molecule has 0 bridgehead atoms. The average molecular weight is 207 g/mol. The van der Waals surface area contributed by atoms with Gasteiger partial charge in [-0.25, -0.2) is 4.99 Å². The largest absolute Gasteiger partial charge is 0.370 e. The average Bonchev–Trinajstić information content (AvgIpc) is 2.25. The van der Waals surface area contributed by atoms with Gasteiger partial charge in [-0.15, -0.1) is 0 Å². The highest BCUT2D eigenvalue weighted by Crippen LogP contribution is 1.95. The molecule has 0 saturated carbocycles. The minimum atomic E-state index is 0.458. The van der Waals surface area contributed by atoms with Crippen molar-refractivity contribution in [3.8, 4) is 0 Å². The highest BCUT2D eigenvalue weighted by Gasteiger charge is 1.94. The van der Waals surface area contributed by atoms with Crippen molar-refractivity contribution in [2.45, 2.75) is 26.8 Å². The zero-order valence-electron chi connectivity index (χ0n) is 9.20. The summed E-state index contributed by atoms with van der Waals surface area (Å²) in [7, 11) is 0. The standard InChI is InChI=1S/C10H17N5/c1-3-4-12-10(11)15-7-9-6-13-8(2)5-14-9/h5-6H,3-4,7H2,1-2H3,(H3,11,12,15). The van der Waals surface area contributed by atoms with Crippen LogP contribution < -0.4 is 11.1 Å². The van der Waals surface area contributed by atoms with Crippen LogP contribution in [0.25, 0.3) is 0 Å². The van der Waals surface area contributed by atoms with Gasteiger partial charge in [-0.05, 0) is 13.3 Å². The lowest BCUT2D eigenvalue weighted by atomic mass is 10.4. The lowest BCUT2D eigenvalue weighted by Gasteiger charge is -2.02. The summed E-state index contributed by atoms with van der Waals surface area (Å²) in [4.78, 5) is 12.4. The first-order chi connectivity index (χ1) is 7.22. The van der Waals surface area contributed by atoms with E-state index in [1.165, 1.54) is 0 Å². The quantitative estimate of drug-likeness (QED) is 0.560. The van der Waals surface area contributed by atoms with Gasteiger partial charge in [0.05, 0.1) is 24.1 Å². The van der Waals surface area contributed by atoms with Crippen LogP contribution in [0.1, 0.15) is 24.7 Å². The van der Waals surface area contributed by atoms with Crippen molar-refractivity contribution >= 4 is 5.96 Å². The predicted octanol–water partition coefficient (Wildman–Crippen LogP) is 0.599. The fourth-order valence-corrected chi connectivity index (χ4v) is 0.976. The first kappa shape index (κ1) is 11.4. The van der Waals surface area contributed by atoms with E-state index < -0.39 is 0 Å². The Kier molecular flexibility index (Phi) is 4.53. The SMILES string of the molecule is CCCNC(N)=NCc1cnc(C)cn1. The molecular formula is C10H17N5. The van der Waals surface area contributed by atoms with E-state index in [9.17, 15) is 0 Å². The number of hydrogen-bond donors (Lipinski definition) is 2. The Hall–Kier alpha value is -1.65. The maximum atomic E-state index is 5.63. The lowest BCUT2D eigenvalue weighted by molar-refractivity contribution is 0.821. The second-order valence-electron chi connectivity index (χ2n) is 3.28. The Morgan fingerprint density at radius 3 is 2.87 bits per heavy atom. The summed E-state index contributed by atoms with van der Waals surface area (Å²) in [6.45, 7) is 5.29. The predicted molar refractivity (Wildman–Crippen MR) is 60.4 cm³/mol. The molecule has 0 aliphatic heterocycles. The molecule has 3 N–H and O–H groups in total. The summed E-state index contributed by atoms with van der Waals surface area (Å²) < 4.78 is 0. The van der Waals surface area contributed by atoms with E-state index in [0.29, 0.717) is 12.5 Å². The van der Waals surface area contributed by atoms with E-state index in [4.69, 9.17) is 5.73 Å². The Morgan fingerprint density at radius 1 is 1.47 bits per heavy atom. The van der Waals surface area contributed by atoms with Crippen molar-refractivity contribution in [1.29, 1.82) is 0 Å². The van der Waals surface area contributed by atoms with Gasteiger partial charge >= 0.3 is 0 Å². The summed E-state index contributed by atoms with van der Waals surface area (Å²) in [6.07, 6.45) is 4.47. The van der Waals surface area contributed by atoms with Crippen molar-refractivity contribution in [2.75, 3.05) is 6.54 Å². The second kappa shape index (κ2) is 5.95. The molecule has 5 nitrogen and oxygen atoms in total. The number of nitrogens with zero attached hydrogens (tertiary/aromatic N) is 3. The lowest BCUT2D eigenvalue weighted by Crippen LogP contribution is -2.32. The van der Waals surface area contributed by atoms with Crippen LogP contribution in [0.3, 0.4) is 0 Å². The van der Waals surface area contributed by atoms with Gasteiger partial charge in [0.15, 0.2) is 5.96 Å². The molecule has 0 radical (unpaired) electrons. The fourth-order valence-electron chi connectivity index (χ4n) is 0.976. The number of nitrogens with one attached hydrogen (secondary N) is 1. The van der Waals surface area contributed by atoms with Crippen molar-refractivity contribution < 1.29 is 0 Å². The number of aromatic nitrogens is 2. The molecular weight excluding hydrogens is 190 g/mol. The molecule has 0 aromatic carbocycles. The summed E-state index contributed by atoms with van der Waals surface area (Å²) in [5.74, 6) is 0.458. The highest BCUT2D eigenvalue weighted by molar-refractivity contribution is 5.77. The fraction of sp³-hybridized carbons (Fsp3) is 0.500. The van der Waals surface area contributed by atoms with Crippen molar-refractivity contribution in [1.82, 2.24) is 15.3 Å². The minimum Gasteiger partial charge on any atom is -0.370 e. The summed E-state index contributed by atoms with van der Waals surface area (Å²) >= 11 is 0. The molecule has 1 heterocycles. The molecule has 0 amide bonds. The second-order valence-corrected chi connectivity index (χ2v) is 3.28. The smallest absolute Gasteiger partial charge is 0.188 e. The van der Waals surface area contributed by atoms with Crippen LogP contribution in [-0.2, 0) is 6.54 Å². The molecule has 0 atom stereocenters. The molecule has 1 rings (SSSR count). The number of aryl methyl sites for hydroxylation is 1. The number of guanidine groups is 1. The molecule has 1 aromatic heterocycles. The van der Waals surface area contributed by atoms with Gasteiger partial charge < -0.3 is 11.1 Å². The normalized spacial score (nSPS) is 11.5. The number of nitrogens with two attached hydrogens (primary N) is 1. The van der Waals surface area contributed by atoms with Gasteiger partial charge in [-0.2, -0.15) is 0 Å². The zero-order chi connectivity index (χ0) is 11.1. The van der Waals surface area contributed by atoms with Crippen molar-refractivity contribution in [2.24, 2.45) is 10.7 Å². The van der Waals surface area contributed by atoms with Gasteiger partial charge in [0.25, 0.3) is 0 Å². The Labute approximate surface area is 89.8 Å². The molecule has 5 heteroatoms. The van der Waals surface area contributed by atoms with Crippen LogP contribution in [0, 0.1) is 6.92 Å². The summed E-state index contributed by atoms with van der Waals surface area (Å²) in [5, 5.41) is 2.99. The molecule has 82 valence electrons. The number of rotatable bonds is 4. The first-order valence-corrected chi connectivity index (χ1v) is 5.03. The topological polar surface area (TPSA) is 76.2 Å². The molecule has 0 spiro atoms. The zero-order valence-corrected chi connectivity index (χ0v) is 9.20. The van der Waals surface area contributed by atoms with Gasteiger partial charge in [-0.1, -0.05) is 6.92 Å². The minimum absolute atomic E-state index is 0.458. The molecule has 0 aliphatic rings. The van der Waals surface area contributed by atoms with Crippen LogP contribution in [0.5, 0.6) is 0 Å². The summed E-state index contributed by atoms with van der Waals surface area (Å²) in [5.41, 5.74) is 7.35. The number of hydrogen-bond acceptors (Lipinski definition) is 3. The van der Waals surface area contributed by atoms with Crippen LogP contribution in [0.2, 0.25) is 0 Å². The number of aliphatic imine (C=N–C) groups is 1. The third-order valence-electron chi connectivity index (χ3n) is 1.80.